The molecule has 0 aromatic carbocycles. The lowest BCUT2D eigenvalue weighted by Crippen LogP contribution is -2.38. The van der Waals surface area contributed by atoms with E-state index in [4.69, 9.17) is 5.26 Å². The number of aromatic nitrogens is 2. The van der Waals surface area contributed by atoms with Gasteiger partial charge < -0.3 is 10.2 Å². The van der Waals surface area contributed by atoms with Crippen molar-refractivity contribution in [2.75, 3.05) is 25.0 Å². The second-order valence-electron chi connectivity index (χ2n) is 4.87. The number of hydrogen-bond acceptors (Lipinski definition) is 6. The van der Waals surface area contributed by atoms with Crippen molar-refractivity contribution in [2.45, 2.75) is 32.6 Å². The Morgan fingerprint density at radius 2 is 2.25 bits per heavy atom. The Kier molecular flexibility index (Phi) is 5.44. The fraction of sp³-hybridized carbons (Fsp3) is 0.692. The molecule has 108 valence electrons. The van der Waals surface area contributed by atoms with E-state index in [-0.39, 0.29) is 11.8 Å². The Morgan fingerprint density at radius 3 is 2.85 bits per heavy atom. The lowest BCUT2D eigenvalue weighted by atomic mass is 9.96. The predicted octanol–water partition coefficient (Wildman–Crippen LogP) is 1.66. The second-order valence-corrected chi connectivity index (χ2v) is 5.93. The molecular formula is C13H19N5OS. The van der Waals surface area contributed by atoms with E-state index in [1.54, 1.807) is 0 Å². The molecule has 1 N–H and O–H groups in total. The molecule has 1 amide bonds. The van der Waals surface area contributed by atoms with E-state index in [0.717, 1.165) is 43.9 Å². The molecule has 0 bridgehead atoms. The molecule has 1 aromatic heterocycles. The molecule has 0 radical (unpaired) electrons. The minimum Gasteiger partial charge on any atom is -0.302 e. The van der Waals surface area contributed by atoms with Gasteiger partial charge in [-0.2, -0.15) is 5.26 Å². The normalized spacial score (nSPS) is 16.8. The monoisotopic (exact) mass is 293 g/mol. The Bertz CT molecular complexity index is 487. The van der Waals surface area contributed by atoms with Crippen LogP contribution in [0.4, 0.5) is 5.13 Å². The standard InChI is InChI=1S/C13H19N5OS/c1-2-11-16-17-13(20-11)15-12(19)10-4-8-18(9-5-10)7-3-6-14/h10H,2-5,7-9H2,1H3,(H,15,17,19). The smallest absolute Gasteiger partial charge is 0.229 e. The number of amides is 1. The first-order valence-corrected chi connectivity index (χ1v) is 7.77. The number of carbonyl (C=O) groups is 1. The van der Waals surface area contributed by atoms with E-state index in [2.05, 4.69) is 26.5 Å². The summed E-state index contributed by atoms with van der Waals surface area (Å²) >= 11 is 1.44. The van der Waals surface area contributed by atoms with Crippen LogP contribution in [0.5, 0.6) is 0 Å². The number of carbonyl (C=O) groups excluding carboxylic acids is 1. The summed E-state index contributed by atoms with van der Waals surface area (Å²) in [5, 5.41) is 20.9. The molecule has 0 aliphatic carbocycles. The van der Waals surface area contributed by atoms with Crippen LogP contribution in [-0.2, 0) is 11.2 Å². The van der Waals surface area contributed by atoms with E-state index < -0.39 is 0 Å². The van der Waals surface area contributed by atoms with Crippen LogP contribution in [0, 0.1) is 17.2 Å². The van der Waals surface area contributed by atoms with Crippen molar-refractivity contribution in [3.8, 4) is 6.07 Å². The SMILES string of the molecule is CCc1nnc(NC(=O)C2CCN(CCC#N)CC2)s1. The Hall–Kier alpha value is -1.52. The summed E-state index contributed by atoms with van der Waals surface area (Å²) in [6.07, 6.45) is 3.08. The number of aryl methyl sites for hydroxylation is 1. The number of anilines is 1. The first kappa shape index (κ1) is 14.9. The van der Waals surface area contributed by atoms with Gasteiger partial charge in [0.25, 0.3) is 0 Å². The van der Waals surface area contributed by atoms with Gasteiger partial charge in [0.15, 0.2) is 0 Å². The number of likely N-dealkylation sites (tertiary alicyclic amines) is 1. The van der Waals surface area contributed by atoms with Gasteiger partial charge in [-0.3, -0.25) is 4.79 Å². The van der Waals surface area contributed by atoms with Gasteiger partial charge in [0.05, 0.1) is 6.07 Å². The second kappa shape index (κ2) is 7.31. The van der Waals surface area contributed by atoms with E-state index >= 15 is 0 Å². The van der Waals surface area contributed by atoms with Crippen LogP contribution in [-0.4, -0.2) is 40.6 Å². The average Bonchev–Trinajstić information content (AvgIpc) is 2.93. The van der Waals surface area contributed by atoms with Gasteiger partial charge in [-0.15, -0.1) is 10.2 Å². The summed E-state index contributed by atoms with van der Waals surface area (Å²) in [7, 11) is 0. The lowest BCUT2D eigenvalue weighted by molar-refractivity contribution is -0.121. The predicted molar refractivity (Wildman–Crippen MR) is 77.3 cm³/mol. The minimum absolute atomic E-state index is 0.0438. The molecule has 2 heterocycles. The summed E-state index contributed by atoms with van der Waals surface area (Å²) in [5.74, 6) is 0.0889. The van der Waals surface area contributed by atoms with Gasteiger partial charge in [0.1, 0.15) is 5.01 Å². The van der Waals surface area contributed by atoms with Gasteiger partial charge in [-0.05, 0) is 32.4 Å². The highest BCUT2D eigenvalue weighted by Crippen LogP contribution is 2.21. The highest BCUT2D eigenvalue weighted by atomic mass is 32.1. The van der Waals surface area contributed by atoms with E-state index in [9.17, 15) is 4.79 Å². The maximum Gasteiger partial charge on any atom is 0.229 e. The Labute approximate surface area is 122 Å². The van der Waals surface area contributed by atoms with Gasteiger partial charge in [-0.1, -0.05) is 18.3 Å². The van der Waals surface area contributed by atoms with Crippen molar-refractivity contribution in [3.05, 3.63) is 5.01 Å². The zero-order chi connectivity index (χ0) is 14.4. The van der Waals surface area contributed by atoms with Crippen LogP contribution >= 0.6 is 11.3 Å². The summed E-state index contributed by atoms with van der Waals surface area (Å²) in [4.78, 5) is 14.4. The van der Waals surface area contributed by atoms with Crippen molar-refractivity contribution in [3.63, 3.8) is 0 Å². The molecule has 1 aromatic rings. The van der Waals surface area contributed by atoms with Gasteiger partial charge in [0, 0.05) is 18.9 Å². The number of hydrogen-bond donors (Lipinski definition) is 1. The molecule has 1 aliphatic rings. The first-order chi connectivity index (χ1) is 9.72. The van der Waals surface area contributed by atoms with E-state index in [1.807, 2.05) is 6.92 Å². The number of piperidine rings is 1. The molecule has 1 aliphatic heterocycles. The van der Waals surface area contributed by atoms with Crippen molar-refractivity contribution in [1.82, 2.24) is 15.1 Å². The summed E-state index contributed by atoms with van der Waals surface area (Å²) < 4.78 is 0. The van der Waals surface area contributed by atoms with E-state index in [0.29, 0.717) is 11.6 Å². The van der Waals surface area contributed by atoms with Gasteiger partial charge in [0.2, 0.25) is 11.0 Å². The first-order valence-electron chi connectivity index (χ1n) is 6.95. The molecule has 0 unspecified atom stereocenters. The third-order valence-electron chi connectivity index (χ3n) is 3.50. The van der Waals surface area contributed by atoms with Crippen molar-refractivity contribution in [1.29, 1.82) is 5.26 Å². The van der Waals surface area contributed by atoms with Gasteiger partial charge >= 0.3 is 0 Å². The number of nitrogens with zero attached hydrogens (tertiary/aromatic N) is 4. The fourth-order valence-corrected chi connectivity index (χ4v) is 2.96. The quantitative estimate of drug-likeness (QED) is 0.893. The third-order valence-corrected chi connectivity index (χ3v) is 4.48. The maximum atomic E-state index is 12.1. The highest BCUT2D eigenvalue weighted by molar-refractivity contribution is 7.15. The molecule has 0 spiro atoms. The van der Waals surface area contributed by atoms with Crippen LogP contribution in [0.3, 0.4) is 0 Å². The molecule has 0 saturated carbocycles. The molecule has 2 rings (SSSR count). The van der Waals surface area contributed by atoms with Gasteiger partial charge in [-0.25, -0.2) is 0 Å². The van der Waals surface area contributed by atoms with E-state index in [1.165, 1.54) is 11.3 Å². The molecule has 1 fully saturated rings. The van der Waals surface area contributed by atoms with Crippen LogP contribution in [0.1, 0.15) is 31.2 Å². The molecular weight excluding hydrogens is 274 g/mol. The number of rotatable bonds is 5. The number of nitrogens with one attached hydrogen (secondary N) is 1. The topological polar surface area (TPSA) is 81.9 Å². The molecule has 6 nitrogen and oxygen atoms in total. The van der Waals surface area contributed by atoms with Crippen LogP contribution in [0.25, 0.3) is 0 Å². The van der Waals surface area contributed by atoms with Crippen LogP contribution < -0.4 is 5.32 Å². The van der Waals surface area contributed by atoms with Crippen molar-refractivity contribution < 1.29 is 4.79 Å². The molecule has 7 heteroatoms. The third kappa shape index (κ3) is 3.99. The van der Waals surface area contributed by atoms with Crippen molar-refractivity contribution in [2.24, 2.45) is 5.92 Å². The summed E-state index contributed by atoms with van der Waals surface area (Å²) in [6, 6.07) is 2.15. The zero-order valence-electron chi connectivity index (χ0n) is 11.6. The maximum absolute atomic E-state index is 12.1. The molecule has 20 heavy (non-hydrogen) atoms. The fourth-order valence-electron chi connectivity index (χ4n) is 2.28. The minimum atomic E-state index is 0.0438. The van der Waals surface area contributed by atoms with Crippen LogP contribution in [0.15, 0.2) is 0 Å². The zero-order valence-corrected chi connectivity index (χ0v) is 12.4. The highest BCUT2D eigenvalue weighted by Gasteiger charge is 2.25. The largest absolute Gasteiger partial charge is 0.302 e. The average molecular weight is 293 g/mol. The molecule has 1 saturated heterocycles. The lowest BCUT2D eigenvalue weighted by Gasteiger charge is -2.30. The Morgan fingerprint density at radius 1 is 1.50 bits per heavy atom. The number of nitriles is 1. The summed E-state index contributed by atoms with van der Waals surface area (Å²) in [5.41, 5.74) is 0. The Balaban J connectivity index is 1.78. The van der Waals surface area contributed by atoms with Crippen LogP contribution in [0.2, 0.25) is 0 Å². The van der Waals surface area contributed by atoms with Crippen molar-refractivity contribution >= 4 is 22.4 Å². The molecule has 0 atom stereocenters. The summed E-state index contributed by atoms with van der Waals surface area (Å²) in [6.45, 7) is 4.59.